The molecule has 0 bridgehead atoms. The van der Waals surface area contributed by atoms with Crippen LogP contribution in [0.15, 0.2) is 18.2 Å². The molecule has 1 aliphatic carbocycles. The Bertz CT molecular complexity index is 531. The van der Waals surface area contributed by atoms with Gasteiger partial charge in [0, 0.05) is 18.2 Å². The lowest BCUT2D eigenvalue weighted by molar-refractivity contribution is 0.0786. The molecule has 128 valence electrons. The molecule has 2 N–H and O–H groups in total. The van der Waals surface area contributed by atoms with Gasteiger partial charge in [-0.25, -0.2) is 13.6 Å². The van der Waals surface area contributed by atoms with Crippen molar-refractivity contribution >= 4 is 6.03 Å². The number of hydrogen-bond acceptors (Lipinski definition) is 2. The highest BCUT2D eigenvalue weighted by Crippen LogP contribution is 2.27. The van der Waals surface area contributed by atoms with E-state index in [-0.39, 0.29) is 24.8 Å². The molecule has 0 atom stereocenters. The molecule has 2 rings (SSSR count). The molecule has 0 aromatic heterocycles. The van der Waals surface area contributed by atoms with Crippen LogP contribution in [0, 0.1) is 17.6 Å². The Morgan fingerprint density at radius 2 is 2.00 bits per heavy atom. The molecule has 0 heterocycles. The maximum absolute atomic E-state index is 13.5. The van der Waals surface area contributed by atoms with Crippen LogP contribution >= 0.6 is 0 Å². The van der Waals surface area contributed by atoms with Crippen LogP contribution in [0.5, 0.6) is 0 Å². The Morgan fingerprint density at radius 1 is 1.30 bits per heavy atom. The van der Waals surface area contributed by atoms with Crippen LogP contribution in [0.1, 0.15) is 38.2 Å². The number of hydrogen-bond donors (Lipinski definition) is 1. The normalized spacial score (nSPS) is 21.2. The highest BCUT2D eigenvalue weighted by Gasteiger charge is 2.26. The monoisotopic (exact) mass is 326 g/mol. The van der Waals surface area contributed by atoms with E-state index in [1.54, 1.807) is 4.90 Å². The van der Waals surface area contributed by atoms with Crippen molar-refractivity contribution < 1.29 is 18.3 Å². The Labute approximate surface area is 135 Å². The van der Waals surface area contributed by atoms with E-state index in [1.807, 2.05) is 0 Å². The fraction of sp³-hybridized carbons (Fsp3) is 0.588. The van der Waals surface area contributed by atoms with Crippen molar-refractivity contribution in [2.75, 3.05) is 13.2 Å². The summed E-state index contributed by atoms with van der Waals surface area (Å²) in [6.07, 6.45) is 4.07. The van der Waals surface area contributed by atoms with Crippen molar-refractivity contribution in [3.63, 3.8) is 0 Å². The number of nitrogens with zero attached hydrogens (tertiary/aromatic N) is 1. The van der Waals surface area contributed by atoms with Crippen LogP contribution in [-0.2, 0) is 11.3 Å². The van der Waals surface area contributed by atoms with Crippen LogP contribution in [0.3, 0.4) is 0 Å². The molecule has 6 heteroatoms. The van der Waals surface area contributed by atoms with Crippen LogP contribution in [-0.4, -0.2) is 30.1 Å². The number of rotatable bonds is 6. The first-order valence-corrected chi connectivity index (χ1v) is 8.05. The summed E-state index contributed by atoms with van der Waals surface area (Å²) in [6.45, 7) is 2.79. The largest absolute Gasteiger partial charge is 0.375 e. The number of benzene rings is 1. The van der Waals surface area contributed by atoms with Gasteiger partial charge in [-0.1, -0.05) is 19.1 Å². The fourth-order valence-corrected chi connectivity index (χ4v) is 3.03. The van der Waals surface area contributed by atoms with E-state index in [0.717, 1.165) is 31.7 Å². The smallest absolute Gasteiger partial charge is 0.315 e. The number of nitrogens with two attached hydrogens (primary N) is 1. The molecule has 23 heavy (non-hydrogen) atoms. The molecule has 2 amide bonds. The Morgan fingerprint density at radius 3 is 2.65 bits per heavy atom. The molecule has 0 saturated heterocycles. The molecule has 4 nitrogen and oxygen atoms in total. The van der Waals surface area contributed by atoms with E-state index in [2.05, 4.69) is 6.92 Å². The minimum absolute atomic E-state index is 0.0299. The molecular weight excluding hydrogens is 302 g/mol. The van der Waals surface area contributed by atoms with Crippen molar-refractivity contribution in [2.45, 2.75) is 45.3 Å². The van der Waals surface area contributed by atoms with Gasteiger partial charge in [0.25, 0.3) is 0 Å². The molecule has 1 saturated carbocycles. The molecule has 0 radical (unpaired) electrons. The summed E-state index contributed by atoms with van der Waals surface area (Å²) >= 11 is 0. The van der Waals surface area contributed by atoms with Gasteiger partial charge in [-0.15, -0.1) is 0 Å². The first kappa shape index (κ1) is 17.7. The highest BCUT2D eigenvalue weighted by molar-refractivity contribution is 5.72. The minimum Gasteiger partial charge on any atom is -0.375 e. The number of amides is 2. The lowest BCUT2D eigenvalue weighted by atomic mass is 9.86. The van der Waals surface area contributed by atoms with Crippen molar-refractivity contribution in [3.8, 4) is 0 Å². The van der Waals surface area contributed by atoms with E-state index >= 15 is 0 Å². The summed E-state index contributed by atoms with van der Waals surface area (Å²) in [4.78, 5) is 13.3. The Hall–Kier alpha value is -1.69. The molecule has 0 aliphatic heterocycles. The van der Waals surface area contributed by atoms with Crippen molar-refractivity contribution in [1.29, 1.82) is 0 Å². The zero-order chi connectivity index (χ0) is 16.8. The molecule has 1 fully saturated rings. The van der Waals surface area contributed by atoms with Gasteiger partial charge in [0.1, 0.15) is 0 Å². The van der Waals surface area contributed by atoms with Gasteiger partial charge >= 0.3 is 6.03 Å². The van der Waals surface area contributed by atoms with Crippen LogP contribution < -0.4 is 5.73 Å². The standard InChI is InChI=1S/C17H24F2N2O2/c1-12-5-7-14(8-6-12)21(17(20)22)9-10-23-11-13-3-2-4-15(18)16(13)19/h2-4,12,14H,5-11H2,1H3,(H2,20,22). The van der Waals surface area contributed by atoms with Gasteiger partial charge in [-0.2, -0.15) is 0 Å². The molecule has 1 aromatic carbocycles. The third kappa shape index (κ3) is 4.89. The van der Waals surface area contributed by atoms with Gasteiger partial charge in [-0.05, 0) is 37.7 Å². The van der Waals surface area contributed by atoms with Gasteiger partial charge in [0.05, 0.1) is 13.2 Å². The number of primary amides is 1. The number of carbonyl (C=O) groups is 1. The first-order chi connectivity index (χ1) is 11.0. The summed E-state index contributed by atoms with van der Waals surface area (Å²) in [6, 6.07) is 3.68. The number of ether oxygens (including phenoxy) is 1. The van der Waals surface area contributed by atoms with E-state index < -0.39 is 17.7 Å². The van der Waals surface area contributed by atoms with E-state index in [9.17, 15) is 13.6 Å². The predicted octanol–water partition coefficient (Wildman–Crippen LogP) is 3.44. The zero-order valence-corrected chi connectivity index (χ0v) is 13.4. The maximum Gasteiger partial charge on any atom is 0.315 e. The lowest BCUT2D eigenvalue weighted by Gasteiger charge is -2.35. The predicted molar refractivity (Wildman–Crippen MR) is 83.7 cm³/mol. The molecular formula is C17H24F2N2O2. The van der Waals surface area contributed by atoms with Crippen molar-refractivity contribution in [1.82, 2.24) is 4.90 Å². The second-order valence-electron chi connectivity index (χ2n) is 6.21. The third-order valence-corrected chi connectivity index (χ3v) is 4.47. The van der Waals surface area contributed by atoms with Gasteiger partial charge in [0.2, 0.25) is 0 Å². The Balaban J connectivity index is 1.80. The summed E-state index contributed by atoms with van der Waals surface area (Å²) in [7, 11) is 0. The van der Waals surface area contributed by atoms with Crippen LogP contribution in [0.25, 0.3) is 0 Å². The van der Waals surface area contributed by atoms with Crippen LogP contribution in [0.2, 0.25) is 0 Å². The van der Waals surface area contributed by atoms with Gasteiger partial charge in [-0.3, -0.25) is 0 Å². The summed E-state index contributed by atoms with van der Waals surface area (Å²) < 4.78 is 32.0. The molecule has 0 spiro atoms. The molecule has 1 aromatic rings. The second kappa shape index (κ2) is 8.24. The number of urea groups is 1. The SMILES string of the molecule is CC1CCC(N(CCOCc2cccc(F)c2F)C(N)=O)CC1. The number of carbonyl (C=O) groups excluding carboxylic acids is 1. The van der Waals surface area contributed by atoms with Gasteiger partial charge in [0.15, 0.2) is 11.6 Å². The fourth-order valence-electron chi connectivity index (χ4n) is 3.03. The van der Waals surface area contributed by atoms with Crippen LogP contribution in [0.4, 0.5) is 13.6 Å². The van der Waals surface area contributed by atoms with Crippen molar-refractivity contribution in [3.05, 3.63) is 35.4 Å². The average Bonchev–Trinajstić information content (AvgIpc) is 2.52. The summed E-state index contributed by atoms with van der Waals surface area (Å²) in [5.41, 5.74) is 5.63. The van der Waals surface area contributed by atoms with E-state index in [0.29, 0.717) is 12.5 Å². The highest BCUT2D eigenvalue weighted by atomic mass is 19.2. The molecule has 1 aliphatic rings. The summed E-state index contributed by atoms with van der Waals surface area (Å²) in [5.74, 6) is -1.09. The zero-order valence-electron chi connectivity index (χ0n) is 13.4. The maximum atomic E-state index is 13.5. The van der Waals surface area contributed by atoms with Gasteiger partial charge < -0.3 is 15.4 Å². The van der Waals surface area contributed by atoms with Crippen molar-refractivity contribution in [2.24, 2.45) is 11.7 Å². The average molecular weight is 326 g/mol. The topological polar surface area (TPSA) is 55.6 Å². The second-order valence-corrected chi connectivity index (χ2v) is 6.21. The van der Waals surface area contributed by atoms with E-state index in [1.165, 1.54) is 12.1 Å². The minimum atomic E-state index is -0.888. The number of halogens is 2. The lowest BCUT2D eigenvalue weighted by Crippen LogP contribution is -2.46. The first-order valence-electron chi connectivity index (χ1n) is 8.05. The quantitative estimate of drug-likeness (QED) is 0.814. The third-order valence-electron chi connectivity index (χ3n) is 4.47. The van der Waals surface area contributed by atoms with E-state index in [4.69, 9.17) is 10.5 Å². The Kier molecular flexibility index (Phi) is 6.33. The molecule has 0 unspecified atom stereocenters. The summed E-state index contributed by atoms with van der Waals surface area (Å²) in [5, 5.41) is 0.